The molecule has 0 saturated carbocycles. The summed E-state index contributed by atoms with van der Waals surface area (Å²) in [6.07, 6.45) is 3.85. The van der Waals surface area contributed by atoms with Crippen molar-refractivity contribution < 1.29 is 0 Å². The minimum atomic E-state index is 0.262. The third kappa shape index (κ3) is 3.06. The van der Waals surface area contributed by atoms with Crippen molar-refractivity contribution in [1.29, 1.82) is 0 Å². The fourth-order valence-corrected chi connectivity index (χ4v) is 3.55. The molecule has 1 saturated heterocycles. The molecule has 1 aromatic heterocycles. The van der Waals surface area contributed by atoms with Crippen LogP contribution >= 0.6 is 11.3 Å². The lowest BCUT2D eigenvalue weighted by atomic mass is 9.97. The van der Waals surface area contributed by atoms with Crippen LogP contribution in [0.2, 0.25) is 0 Å². The van der Waals surface area contributed by atoms with E-state index in [9.17, 15) is 0 Å². The van der Waals surface area contributed by atoms with Gasteiger partial charge in [-0.25, -0.2) is 4.98 Å². The van der Waals surface area contributed by atoms with Crippen LogP contribution in [0.1, 0.15) is 41.8 Å². The fourth-order valence-electron chi connectivity index (χ4n) is 2.59. The van der Waals surface area contributed by atoms with E-state index in [1.165, 1.54) is 41.4 Å². The van der Waals surface area contributed by atoms with Gasteiger partial charge in [-0.05, 0) is 40.2 Å². The highest BCUT2D eigenvalue weighted by atomic mass is 32.1. The number of rotatable bonds is 3. The number of piperidine rings is 1. The highest BCUT2D eigenvalue weighted by Crippen LogP contribution is 2.24. The molecule has 0 amide bonds. The first-order chi connectivity index (χ1) is 8.08. The Kier molecular flexibility index (Phi) is 4.17. The second-order valence-corrected chi connectivity index (χ2v) is 6.43. The molecule has 2 unspecified atom stereocenters. The van der Waals surface area contributed by atoms with Gasteiger partial charge in [-0.3, -0.25) is 4.90 Å². The summed E-state index contributed by atoms with van der Waals surface area (Å²) in [5.41, 5.74) is 7.27. The van der Waals surface area contributed by atoms with Gasteiger partial charge in [0.2, 0.25) is 0 Å². The molecule has 4 heteroatoms. The zero-order valence-corrected chi connectivity index (χ0v) is 11.9. The van der Waals surface area contributed by atoms with Gasteiger partial charge in [-0.1, -0.05) is 6.42 Å². The third-order valence-electron chi connectivity index (χ3n) is 3.68. The first-order valence-corrected chi connectivity index (χ1v) is 7.32. The Hall–Kier alpha value is -0.450. The zero-order chi connectivity index (χ0) is 12.4. The molecule has 0 bridgehead atoms. The Morgan fingerprint density at radius 2 is 2.24 bits per heavy atom. The highest BCUT2D eigenvalue weighted by Gasteiger charge is 2.26. The summed E-state index contributed by atoms with van der Waals surface area (Å²) in [7, 11) is 0. The molecule has 0 aromatic carbocycles. The molecule has 1 fully saturated rings. The van der Waals surface area contributed by atoms with Gasteiger partial charge in [-0.15, -0.1) is 11.3 Å². The van der Waals surface area contributed by atoms with Crippen molar-refractivity contribution in [2.24, 2.45) is 5.73 Å². The summed E-state index contributed by atoms with van der Waals surface area (Å²) in [4.78, 5) is 8.50. The summed E-state index contributed by atoms with van der Waals surface area (Å²) in [5.74, 6) is 0. The van der Waals surface area contributed by atoms with Crippen LogP contribution in [0.4, 0.5) is 0 Å². The van der Waals surface area contributed by atoms with E-state index >= 15 is 0 Å². The lowest BCUT2D eigenvalue weighted by molar-refractivity contribution is 0.123. The van der Waals surface area contributed by atoms with Crippen LogP contribution in [-0.2, 0) is 6.54 Å². The molecule has 1 aromatic rings. The van der Waals surface area contributed by atoms with E-state index in [4.69, 9.17) is 5.73 Å². The minimum absolute atomic E-state index is 0.262. The topological polar surface area (TPSA) is 42.2 Å². The molecular weight excluding hydrogens is 230 g/mol. The van der Waals surface area contributed by atoms with Crippen LogP contribution < -0.4 is 5.73 Å². The summed E-state index contributed by atoms with van der Waals surface area (Å²) >= 11 is 1.83. The standard InChI is InChI=1S/C13H23N3S/c1-9(14)12-6-4-5-7-16(12)8-13-15-10(2)11(3)17-13/h9,12H,4-8,14H2,1-3H3. The second-order valence-electron chi connectivity index (χ2n) is 5.14. The molecule has 1 aliphatic rings. The Morgan fingerprint density at radius 1 is 1.47 bits per heavy atom. The van der Waals surface area contributed by atoms with Crippen molar-refractivity contribution in [2.75, 3.05) is 6.54 Å². The number of aromatic nitrogens is 1. The first-order valence-electron chi connectivity index (χ1n) is 6.50. The van der Waals surface area contributed by atoms with E-state index in [1.807, 2.05) is 11.3 Å². The SMILES string of the molecule is Cc1nc(CN2CCCCC2C(C)N)sc1C. The smallest absolute Gasteiger partial charge is 0.107 e. The van der Waals surface area contributed by atoms with E-state index in [0.29, 0.717) is 6.04 Å². The summed E-state index contributed by atoms with van der Waals surface area (Å²) < 4.78 is 0. The summed E-state index contributed by atoms with van der Waals surface area (Å²) in [6.45, 7) is 8.51. The van der Waals surface area contributed by atoms with Crippen LogP contribution in [0.3, 0.4) is 0 Å². The number of thiazole rings is 1. The van der Waals surface area contributed by atoms with Crippen molar-refractivity contribution in [3.8, 4) is 0 Å². The van der Waals surface area contributed by atoms with E-state index in [0.717, 1.165) is 6.54 Å². The first kappa shape index (κ1) is 13.0. The maximum atomic E-state index is 6.09. The monoisotopic (exact) mass is 253 g/mol. The fraction of sp³-hybridized carbons (Fsp3) is 0.769. The van der Waals surface area contributed by atoms with Crippen LogP contribution in [0, 0.1) is 13.8 Å². The van der Waals surface area contributed by atoms with Crippen LogP contribution in [0.15, 0.2) is 0 Å². The van der Waals surface area contributed by atoms with Crippen molar-refractivity contribution in [3.63, 3.8) is 0 Å². The second kappa shape index (κ2) is 5.46. The average molecular weight is 253 g/mol. The predicted molar refractivity (Wildman–Crippen MR) is 73.3 cm³/mol. The average Bonchev–Trinajstić information content (AvgIpc) is 2.58. The number of hydrogen-bond acceptors (Lipinski definition) is 4. The Labute approximate surface area is 108 Å². The molecule has 1 aliphatic heterocycles. The van der Waals surface area contributed by atoms with Gasteiger partial charge in [0.25, 0.3) is 0 Å². The normalized spacial score (nSPS) is 23.9. The van der Waals surface area contributed by atoms with Crippen molar-refractivity contribution in [2.45, 2.75) is 58.7 Å². The van der Waals surface area contributed by atoms with Gasteiger partial charge >= 0.3 is 0 Å². The Balaban J connectivity index is 2.05. The molecule has 2 N–H and O–H groups in total. The molecule has 3 nitrogen and oxygen atoms in total. The largest absolute Gasteiger partial charge is 0.327 e. The van der Waals surface area contributed by atoms with E-state index in [-0.39, 0.29) is 6.04 Å². The molecule has 2 heterocycles. The molecule has 0 spiro atoms. The van der Waals surface area contributed by atoms with Crippen LogP contribution in [0.25, 0.3) is 0 Å². The van der Waals surface area contributed by atoms with Gasteiger partial charge in [-0.2, -0.15) is 0 Å². The summed E-state index contributed by atoms with van der Waals surface area (Å²) in [5, 5.41) is 1.24. The molecule has 2 atom stereocenters. The number of likely N-dealkylation sites (tertiary alicyclic amines) is 1. The third-order valence-corrected chi connectivity index (χ3v) is 4.74. The lowest BCUT2D eigenvalue weighted by Crippen LogP contribution is -2.48. The van der Waals surface area contributed by atoms with E-state index < -0.39 is 0 Å². The van der Waals surface area contributed by atoms with Gasteiger partial charge in [0.05, 0.1) is 12.2 Å². The molecule has 96 valence electrons. The molecule has 2 rings (SSSR count). The van der Waals surface area contributed by atoms with Crippen LogP contribution in [0.5, 0.6) is 0 Å². The number of nitrogens with two attached hydrogens (primary N) is 1. The van der Waals surface area contributed by atoms with E-state index in [2.05, 4.69) is 30.7 Å². The lowest BCUT2D eigenvalue weighted by Gasteiger charge is -2.37. The molecule has 17 heavy (non-hydrogen) atoms. The maximum Gasteiger partial charge on any atom is 0.107 e. The van der Waals surface area contributed by atoms with Gasteiger partial charge < -0.3 is 5.73 Å². The van der Waals surface area contributed by atoms with Gasteiger partial charge in [0.15, 0.2) is 0 Å². The number of aryl methyl sites for hydroxylation is 2. The van der Waals surface area contributed by atoms with Crippen molar-refractivity contribution in [1.82, 2.24) is 9.88 Å². The predicted octanol–water partition coefficient (Wildman–Crippen LogP) is 2.46. The van der Waals surface area contributed by atoms with E-state index in [1.54, 1.807) is 0 Å². The number of nitrogens with zero attached hydrogens (tertiary/aromatic N) is 2. The molecule has 0 radical (unpaired) electrons. The molecular formula is C13H23N3S. The van der Waals surface area contributed by atoms with Crippen molar-refractivity contribution in [3.05, 3.63) is 15.6 Å². The Bertz CT molecular complexity index is 353. The molecule has 0 aliphatic carbocycles. The maximum absolute atomic E-state index is 6.09. The minimum Gasteiger partial charge on any atom is -0.327 e. The summed E-state index contributed by atoms with van der Waals surface area (Å²) in [6, 6.07) is 0.797. The van der Waals surface area contributed by atoms with Gasteiger partial charge in [0.1, 0.15) is 5.01 Å². The zero-order valence-electron chi connectivity index (χ0n) is 11.1. The van der Waals surface area contributed by atoms with Gasteiger partial charge in [0, 0.05) is 17.0 Å². The highest BCUT2D eigenvalue weighted by molar-refractivity contribution is 7.11. The quantitative estimate of drug-likeness (QED) is 0.900. The van der Waals surface area contributed by atoms with Crippen LogP contribution in [-0.4, -0.2) is 28.5 Å². The van der Waals surface area contributed by atoms with Crippen molar-refractivity contribution >= 4 is 11.3 Å². The number of hydrogen-bond donors (Lipinski definition) is 1. The Morgan fingerprint density at radius 3 is 2.82 bits per heavy atom.